The third kappa shape index (κ3) is 4.06. The largest absolute Gasteiger partial charge is 0.481 e. The summed E-state index contributed by atoms with van der Waals surface area (Å²) in [6.07, 6.45) is 7.09. The van der Waals surface area contributed by atoms with Crippen molar-refractivity contribution in [1.29, 1.82) is 0 Å². The summed E-state index contributed by atoms with van der Waals surface area (Å²) in [7, 11) is 1.58. The Balaban J connectivity index is 1.94. The van der Waals surface area contributed by atoms with Gasteiger partial charge in [0.25, 0.3) is 0 Å². The number of ether oxygens (including phenoxy) is 1. The van der Waals surface area contributed by atoms with E-state index in [0.717, 1.165) is 16.8 Å². The van der Waals surface area contributed by atoms with Crippen LogP contribution in [-0.2, 0) is 0 Å². The summed E-state index contributed by atoms with van der Waals surface area (Å²) < 4.78 is 19.0. The Labute approximate surface area is 168 Å². The van der Waals surface area contributed by atoms with E-state index in [1.807, 2.05) is 53.7 Å². The van der Waals surface area contributed by atoms with Gasteiger partial charge >= 0.3 is 0 Å². The molecule has 3 heterocycles. The average molecular weight is 386 g/mol. The maximum Gasteiger partial charge on any atom is 0.214 e. The fraction of sp³-hybridized carbons (Fsp3) is 0.0870. The lowest BCUT2D eigenvalue weighted by Crippen LogP contribution is -2.26. The molecule has 5 nitrogen and oxygen atoms in total. The molecule has 0 fully saturated rings. The summed E-state index contributed by atoms with van der Waals surface area (Å²) in [4.78, 5) is 15.2. The number of anilines is 2. The first-order valence-electron chi connectivity index (χ1n) is 9.12. The van der Waals surface area contributed by atoms with Crippen LogP contribution in [0, 0.1) is 5.82 Å². The van der Waals surface area contributed by atoms with E-state index in [4.69, 9.17) is 4.74 Å². The molecule has 0 aliphatic heterocycles. The molecule has 0 unspecified atom stereocenters. The summed E-state index contributed by atoms with van der Waals surface area (Å²) in [5.41, 5.74) is 2.69. The van der Waals surface area contributed by atoms with Crippen LogP contribution < -0.4 is 9.64 Å². The lowest BCUT2D eigenvalue weighted by atomic mass is 9.99. The number of halogens is 1. The molecular weight excluding hydrogens is 367 g/mol. The normalized spacial score (nSPS) is 10.7. The van der Waals surface area contributed by atoms with Gasteiger partial charge in [0, 0.05) is 36.5 Å². The molecule has 0 radical (unpaired) electrons. The van der Waals surface area contributed by atoms with Crippen LogP contribution in [0.2, 0.25) is 0 Å². The molecule has 0 spiro atoms. The zero-order chi connectivity index (χ0) is 20.1. The molecule has 0 aliphatic carbocycles. The van der Waals surface area contributed by atoms with E-state index in [1.54, 1.807) is 37.7 Å². The molecule has 1 aromatic carbocycles. The van der Waals surface area contributed by atoms with E-state index in [-0.39, 0.29) is 11.9 Å². The maximum absolute atomic E-state index is 13.6. The Hall–Kier alpha value is -3.80. The molecule has 4 aromatic rings. The van der Waals surface area contributed by atoms with Gasteiger partial charge in [-0.2, -0.15) is 4.98 Å². The third-order valence-corrected chi connectivity index (χ3v) is 4.53. The Morgan fingerprint density at radius 2 is 1.48 bits per heavy atom. The minimum atomic E-state index is -0.299. The predicted molar refractivity (Wildman–Crippen MR) is 110 cm³/mol. The lowest BCUT2D eigenvalue weighted by Gasteiger charge is -2.33. The zero-order valence-corrected chi connectivity index (χ0v) is 15.8. The first-order valence-corrected chi connectivity index (χ1v) is 9.12. The fourth-order valence-electron chi connectivity index (χ4n) is 3.23. The monoisotopic (exact) mass is 386 g/mol. The summed E-state index contributed by atoms with van der Waals surface area (Å²) >= 11 is 0. The smallest absolute Gasteiger partial charge is 0.214 e. The molecule has 0 saturated carbocycles. The Morgan fingerprint density at radius 3 is 2.03 bits per heavy atom. The van der Waals surface area contributed by atoms with E-state index >= 15 is 0 Å². The first-order chi connectivity index (χ1) is 14.3. The minimum absolute atomic E-state index is 0.275. The predicted octanol–water partition coefficient (Wildman–Crippen LogP) is 4.95. The molecular formula is C23H19FN4O. The lowest BCUT2D eigenvalue weighted by molar-refractivity contribution is 0.398. The average Bonchev–Trinajstić information content (AvgIpc) is 2.79. The molecule has 0 atom stereocenters. The van der Waals surface area contributed by atoms with E-state index in [2.05, 4.69) is 15.0 Å². The molecule has 0 bridgehead atoms. The Kier molecular flexibility index (Phi) is 5.42. The van der Waals surface area contributed by atoms with Crippen LogP contribution in [0.1, 0.15) is 17.2 Å². The SMILES string of the molecule is COc1cccc(N(c2ccc(F)cc2)C(c2cccnc2)c2cccnc2)n1. The highest BCUT2D eigenvalue weighted by atomic mass is 19.1. The highest BCUT2D eigenvalue weighted by Gasteiger charge is 2.26. The van der Waals surface area contributed by atoms with E-state index in [9.17, 15) is 4.39 Å². The van der Waals surface area contributed by atoms with Gasteiger partial charge in [-0.25, -0.2) is 4.39 Å². The first kappa shape index (κ1) is 18.6. The van der Waals surface area contributed by atoms with Gasteiger partial charge in [0.1, 0.15) is 11.6 Å². The van der Waals surface area contributed by atoms with Crippen LogP contribution in [0.25, 0.3) is 0 Å². The Bertz CT molecular complexity index is 1020. The van der Waals surface area contributed by atoms with Gasteiger partial charge in [-0.3, -0.25) is 9.97 Å². The van der Waals surface area contributed by atoms with Crippen LogP contribution in [0.3, 0.4) is 0 Å². The molecule has 144 valence electrons. The number of methoxy groups -OCH3 is 1. The van der Waals surface area contributed by atoms with Gasteiger partial charge in [-0.15, -0.1) is 0 Å². The number of nitrogens with zero attached hydrogens (tertiary/aromatic N) is 4. The number of benzene rings is 1. The van der Waals surface area contributed by atoms with Gasteiger partial charge in [0.05, 0.1) is 13.2 Å². The van der Waals surface area contributed by atoms with Crippen LogP contribution >= 0.6 is 0 Å². The van der Waals surface area contributed by atoms with Crippen molar-refractivity contribution in [2.75, 3.05) is 12.0 Å². The molecule has 3 aromatic heterocycles. The van der Waals surface area contributed by atoms with Gasteiger partial charge in [0.2, 0.25) is 5.88 Å². The number of pyridine rings is 3. The molecule has 4 rings (SSSR count). The molecule has 0 aliphatic rings. The van der Waals surface area contributed by atoms with Crippen molar-refractivity contribution in [3.05, 3.63) is 108 Å². The second kappa shape index (κ2) is 8.48. The van der Waals surface area contributed by atoms with Crippen molar-refractivity contribution in [3.8, 4) is 5.88 Å². The van der Waals surface area contributed by atoms with Crippen LogP contribution in [0.5, 0.6) is 5.88 Å². The number of aromatic nitrogens is 3. The number of rotatable bonds is 6. The second-order valence-corrected chi connectivity index (χ2v) is 6.36. The minimum Gasteiger partial charge on any atom is -0.481 e. The molecule has 0 saturated heterocycles. The van der Waals surface area contributed by atoms with Crippen molar-refractivity contribution in [2.24, 2.45) is 0 Å². The van der Waals surface area contributed by atoms with E-state index < -0.39 is 0 Å². The van der Waals surface area contributed by atoms with Gasteiger partial charge in [0.15, 0.2) is 0 Å². The molecule has 0 amide bonds. The number of hydrogen-bond acceptors (Lipinski definition) is 5. The van der Waals surface area contributed by atoms with E-state index in [0.29, 0.717) is 11.7 Å². The molecule has 29 heavy (non-hydrogen) atoms. The van der Waals surface area contributed by atoms with Crippen molar-refractivity contribution >= 4 is 11.5 Å². The van der Waals surface area contributed by atoms with Crippen molar-refractivity contribution in [1.82, 2.24) is 15.0 Å². The summed E-state index contributed by atoms with van der Waals surface area (Å²) in [6.45, 7) is 0. The summed E-state index contributed by atoms with van der Waals surface area (Å²) in [6, 6.07) is 19.4. The van der Waals surface area contributed by atoms with Gasteiger partial charge < -0.3 is 9.64 Å². The molecule has 0 N–H and O–H groups in total. The van der Waals surface area contributed by atoms with Crippen molar-refractivity contribution in [3.63, 3.8) is 0 Å². The summed E-state index contributed by atoms with van der Waals surface area (Å²) in [5, 5.41) is 0. The standard InChI is InChI=1S/C23H19FN4O/c1-29-22-8-2-7-21(27-22)28(20-11-9-19(24)10-12-20)23(17-5-3-13-25-15-17)18-6-4-14-26-16-18/h2-16,23H,1H3. The summed E-state index contributed by atoms with van der Waals surface area (Å²) in [5.74, 6) is 0.853. The Morgan fingerprint density at radius 1 is 0.828 bits per heavy atom. The highest BCUT2D eigenvalue weighted by molar-refractivity contribution is 5.64. The maximum atomic E-state index is 13.6. The van der Waals surface area contributed by atoms with Crippen molar-refractivity contribution < 1.29 is 9.13 Å². The van der Waals surface area contributed by atoms with Crippen LogP contribution in [0.4, 0.5) is 15.9 Å². The fourth-order valence-corrected chi connectivity index (χ4v) is 3.23. The van der Waals surface area contributed by atoms with Crippen molar-refractivity contribution in [2.45, 2.75) is 6.04 Å². The second-order valence-electron chi connectivity index (χ2n) is 6.36. The quantitative estimate of drug-likeness (QED) is 0.469. The highest BCUT2D eigenvalue weighted by Crippen LogP contribution is 2.38. The van der Waals surface area contributed by atoms with E-state index in [1.165, 1.54) is 12.1 Å². The zero-order valence-electron chi connectivity index (χ0n) is 15.8. The number of hydrogen-bond donors (Lipinski definition) is 0. The van der Waals surface area contributed by atoms with Gasteiger partial charge in [-0.1, -0.05) is 18.2 Å². The van der Waals surface area contributed by atoms with Crippen LogP contribution in [0.15, 0.2) is 91.5 Å². The van der Waals surface area contributed by atoms with Crippen LogP contribution in [-0.4, -0.2) is 22.1 Å². The molecule has 6 heteroatoms. The third-order valence-electron chi connectivity index (χ3n) is 4.53. The topological polar surface area (TPSA) is 51.1 Å². The van der Waals surface area contributed by atoms with Gasteiger partial charge in [-0.05, 0) is 53.6 Å².